The third kappa shape index (κ3) is 8.92. The van der Waals surface area contributed by atoms with Crippen LogP contribution in [0.1, 0.15) is 45.4 Å². The quantitative estimate of drug-likeness (QED) is 0.640. The summed E-state index contributed by atoms with van der Waals surface area (Å²) in [5.41, 5.74) is 0. The van der Waals surface area contributed by atoms with Crippen molar-refractivity contribution in [3.63, 3.8) is 0 Å². The van der Waals surface area contributed by atoms with Crippen molar-refractivity contribution < 1.29 is 0 Å². The average Bonchev–Trinajstić information content (AvgIpc) is 2.61. The molecule has 0 aliphatic carbocycles. The first-order valence-electron chi connectivity index (χ1n) is 7.44. The topological polar surface area (TPSA) is 15.3 Å². The molecule has 1 N–H and O–H groups in total. The Labute approximate surface area is 112 Å². The lowest BCUT2D eigenvalue weighted by Gasteiger charge is -2.18. The first-order valence-corrected chi connectivity index (χ1v) is 8.59. The second-order valence-electron chi connectivity index (χ2n) is 4.97. The summed E-state index contributed by atoms with van der Waals surface area (Å²) >= 11 is 2.12. The summed E-state index contributed by atoms with van der Waals surface area (Å²) in [6, 6.07) is 0. The second-order valence-corrected chi connectivity index (χ2v) is 6.20. The van der Waals surface area contributed by atoms with Crippen LogP contribution in [0.2, 0.25) is 0 Å². The lowest BCUT2D eigenvalue weighted by atomic mass is 10.2. The smallest absolute Gasteiger partial charge is 0.00723 e. The molecule has 0 saturated carbocycles. The number of nitrogens with zero attached hydrogens (tertiary/aromatic N) is 1. The molecule has 1 aliphatic rings. The Kier molecular flexibility index (Phi) is 10.2. The minimum Gasteiger partial charge on any atom is -0.317 e. The monoisotopic (exact) mass is 258 g/mol. The normalized spacial score (nSPS) is 18.2. The van der Waals surface area contributed by atoms with Crippen LogP contribution in [0.25, 0.3) is 0 Å². The van der Waals surface area contributed by atoms with E-state index < -0.39 is 0 Å². The Morgan fingerprint density at radius 1 is 1.00 bits per heavy atom. The minimum absolute atomic E-state index is 1.19. The fourth-order valence-electron chi connectivity index (χ4n) is 2.26. The number of hydrogen-bond donors (Lipinski definition) is 1. The van der Waals surface area contributed by atoms with Gasteiger partial charge in [-0.25, -0.2) is 0 Å². The molecule has 0 aromatic rings. The summed E-state index contributed by atoms with van der Waals surface area (Å²) in [5, 5.41) is 3.47. The maximum Gasteiger partial charge on any atom is 0.00723 e. The van der Waals surface area contributed by atoms with E-state index in [1.54, 1.807) is 0 Å². The van der Waals surface area contributed by atoms with Crippen molar-refractivity contribution in [2.75, 3.05) is 44.2 Å². The van der Waals surface area contributed by atoms with Gasteiger partial charge in [0.25, 0.3) is 0 Å². The average molecular weight is 258 g/mol. The van der Waals surface area contributed by atoms with Crippen LogP contribution in [0.5, 0.6) is 0 Å². The van der Waals surface area contributed by atoms with Crippen molar-refractivity contribution in [1.82, 2.24) is 10.2 Å². The van der Waals surface area contributed by atoms with Crippen LogP contribution in [-0.2, 0) is 0 Å². The largest absolute Gasteiger partial charge is 0.317 e. The molecule has 1 aliphatic heterocycles. The summed E-state index contributed by atoms with van der Waals surface area (Å²) in [5.74, 6) is 2.72. The van der Waals surface area contributed by atoms with Gasteiger partial charge in [0.1, 0.15) is 0 Å². The molecule has 0 atom stereocenters. The Bertz CT molecular complexity index is 156. The minimum atomic E-state index is 1.19. The lowest BCUT2D eigenvalue weighted by molar-refractivity contribution is 0.287. The highest BCUT2D eigenvalue weighted by Crippen LogP contribution is 2.11. The molecule has 3 heteroatoms. The Morgan fingerprint density at radius 3 is 2.76 bits per heavy atom. The molecule has 0 amide bonds. The number of hydrogen-bond acceptors (Lipinski definition) is 3. The lowest BCUT2D eigenvalue weighted by Crippen LogP contribution is -2.27. The molecule has 0 unspecified atom stereocenters. The summed E-state index contributed by atoms with van der Waals surface area (Å²) in [4.78, 5) is 2.66. The first-order chi connectivity index (χ1) is 8.43. The van der Waals surface area contributed by atoms with Crippen molar-refractivity contribution in [2.24, 2.45) is 0 Å². The van der Waals surface area contributed by atoms with E-state index in [9.17, 15) is 0 Å². The molecule has 1 saturated heterocycles. The third-order valence-corrected chi connectivity index (χ3v) is 4.37. The molecule has 1 rings (SSSR count). The van der Waals surface area contributed by atoms with Gasteiger partial charge in [0.2, 0.25) is 0 Å². The van der Waals surface area contributed by atoms with Crippen molar-refractivity contribution in [3.8, 4) is 0 Å². The van der Waals surface area contributed by atoms with E-state index in [-0.39, 0.29) is 0 Å². The van der Waals surface area contributed by atoms with E-state index in [2.05, 4.69) is 28.9 Å². The molecule has 1 fully saturated rings. The molecule has 102 valence electrons. The van der Waals surface area contributed by atoms with Crippen molar-refractivity contribution in [2.45, 2.75) is 45.4 Å². The number of thioether (sulfide) groups is 1. The molecule has 0 aromatic heterocycles. The van der Waals surface area contributed by atoms with Crippen molar-refractivity contribution in [3.05, 3.63) is 0 Å². The zero-order chi connectivity index (χ0) is 12.2. The van der Waals surface area contributed by atoms with Crippen LogP contribution in [0.3, 0.4) is 0 Å². The highest BCUT2D eigenvalue weighted by Gasteiger charge is 2.07. The van der Waals surface area contributed by atoms with Crippen molar-refractivity contribution >= 4 is 11.8 Å². The van der Waals surface area contributed by atoms with Gasteiger partial charge in [-0.15, -0.1) is 0 Å². The highest BCUT2D eigenvalue weighted by molar-refractivity contribution is 7.99. The summed E-state index contributed by atoms with van der Waals surface area (Å²) < 4.78 is 0. The molecular weight excluding hydrogens is 228 g/mol. The molecule has 0 aromatic carbocycles. The molecule has 17 heavy (non-hydrogen) atoms. The molecular formula is C14H30N2S. The number of rotatable bonds is 9. The van der Waals surface area contributed by atoms with E-state index in [0.29, 0.717) is 0 Å². The van der Waals surface area contributed by atoms with Gasteiger partial charge in [-0.2, -0.15) is 11.8 Å². The second kappa shape index (κ2) is 11.4. The van der Waals surface area contributed by atoms with Crippen LogP contribution < -0.4 is 5.32 Å². The van der Waals surface area contributed by atoms with Gasteiger partial charge < -0.3 is 10.2 Å². The Balaban J connectivity index is 1.82. The van der Waals surface area contributed by atoms with E-state index in [1.165, 1.54) is 82.8 Å². The van der Waals surface area contributed by atoms with Crippen molar-refractivity contribution in [1.29, 1.82) is 0 Å². The van der Waals surface area contributed by atoms with E-state index >= 15 is 0 Å². The first kappa shape index (κ1) is 15.3. The van der Waals surface area contributed by atoms with E-state index in [4.69, 9.17) is 0 Å². The maximum absolute atomic E-state index is 3.47. The number of nitrogens with one attached hydrogen (secondary N) is 1. The van der Waals surface area contributed by atoms with Gasteiger partial charge in [0.15, 0.2) is 0 Å². The zero-order valence-electron chi connectivity index (χ0n) is 11.5. The van der Waals surface area contributed by atoms with Gasteiger partial charge >= 0.3 is 0 Å². The van der Waals surface area contributed by atoms with E-state index in [0.717, 1.165) is 0 Å². The molecule has 0 radical (unpaired) electrons. The standard InChI is InChI=1S/C14H30N2S/c1-2-8-15-9-5-3-4-6-10-16-11-7-13-17-14-12-16/h15H,2-14H2,1H3. The number of unbranched alkanes of at least 4 members (excludes halogenated alkanes) is 3. The van der Waals surface area contributed by atoms with Crippen LogP contribution >= 0.6 is 11.8 Å². The predicted molar refractivity (Wildman–Crippen MR) is 80.0 cm³/mol. The van der Waals surface area contributed by atoms with Gasteiger partial charge in [0.05, 0.1) is 0 Å². The van der Waals surface area contributed by atoms with Gasteiger partial charge in [0, 0.05) is 12.3 Å². The fourth-order valence-corrected chi connectivity index (χ4v) is 3.19. The Hall–Kier alpha value is 0.270. The van der Waals surface area contributed by atoms with Crippen LogP contribution in [0.4, 0.5) is 0 Å². The maximum atomic E-state index is 3.47. The van der Waals surface area contributed by atoms with Crippen LogP contribution in [-0.4, -0.2) is 49.1 Å². The fraction of sp³-hybridized carbons (Fsp3) is 1.00. The Morgan fingerprint density at radius 2 is 1.88 bits per heavy atom. The van der Waals surface area contributed by atoms with Gasteiger partial charge in [-0.3, -0.25) is 0 Å². The SMILES string of the molecule is CCCNCCCCCCN1CCCSCC1. The van der Waals surface area contributed by atoms with Gasteiger partial charge in [-0.1, -0.05) is 19.8 Å². The molecule has 0 spiro atoms. The molecule has 2 nitrogen and oxygen atoms in total. The summed E-state index contributed by atoms with van der Waals surface area (Å²) in [6.45, 7) is 8.63. The van der Waals surface area contributed by atoms with Crippen LogP contribution in [0, 0.1) is 0 Å². The predicted octanol–water partition coefficient (Wildman–Crippen LogP) is 2.99. The highest BCUT2D eigenvalue weighted by atomic mass is 32.2. The van der Waals surface area contributed by atoms with Crippen LogP contribution in [0.15, 0.2) is 0 Å². The zero-order valence-corrected chi connectivity index (χ0v) is 12.4. The molecule has 0 bridgehead atoms. The summed E-state index contributed by atoms with van der Waals surface area (Å²) in [6.07, 6.45) is 8.23. The molecule has 1 heterocycles. The van der Waals surface area contributed by atoms with Gasteiger partial charge in [-0.05, 0) is 57.6 Å². The third-order valence-electron chi connectivity index (χ3n) is 3.32. The van der Waals surface area contributed by atoms with E-state index in [1.807, 2.05) is 0 Å². The summed E-state index contributed by atoms with van der Waals surface area (Å²) in [7, 11) is 0.